The predicted octanol–water partition coefficient (Wildman–Crippen LogP) is -0.805. The summed E-state index contributed by atoms with van der Waals surface area (Å²) in [7, 11) is -4.94. The smallest absolute Gasteiger partial charge is 0.252 e. The van der Waals surface area contributed by atoms with Crippen LogP contribution in [0.15, 0.2) is 18.2 Å². The Morgan fingerprint density at radius 1 is 1.28 bits per heavy atom. The number of hydrogen-bond acceptors (Lipinski definition) is 6. The van der Waals surface area contributed by atoms with Crippen molar-refractivity contribution in [2.24, 2.45) is 0 Å². The highest BCUT2D eigenvalue weighted by atomic mass is 35.7. The molecule has 2 aromatic rings. The normalized spacial score (nSPS) is 11.0. The minimum Gasteiger partial charge on any atom is -0.494 e. The van der Waals surface area contributed by atoms with Crippen LogP contribution in [0.2, 0.25) is 0 Å². The standard InChI is InChI=1S/C10H11OS2.ClHO4/c1-3-11-8-4-5-9-10(6-8)13-7(2)12-9;2-1(3,4)5/h4-6H,3H2,1-2H3;(H,2,3,4,5)/q+1;/p-1. The van der Waals surface area contributed by atoms with Crippen LogP contribution in [0.4, 0.5) is 0 Å². The molecule has 0 saturated carbocycles. The average Bonchev–Trinajstić information content (AvgIpc) is 2.55. The van der Waals surface area contributed by atoms with Crippen LogP contribution in [0.25, 0.3) is 9.40 Å². The van der Waals surface area contributed by atoms with Gasteiger partial charge in [0, 0.05) is 13.0 Å². The maximum absolute atomic E-state index is 8.49. The molecule has 1 heterocycles. The number of hydrogen-bond donors (Lipinski definition) is 0. The maximum Gasteiger partial charge on any atom is 0.252 e. The molecule has 8 heteroatoms. The number of benzene rings is 1. The van der Waals surface area contributed by atoms with Crippen LogP contribution in [0.5, 0.6) is 5.75 Å². The highest BCUT2D eigenvalue weighted by molar-refractivity contribution is 7.38. The van der Waals surface area contributed by atoms with Gasteiger partial charge in [-0.2, -0.15) is 0 Å². The van der Waals surface area contributed by atoms with Crippen LogP contribution in [0.1, 0.15) is 11.1 Å². The van der Waals surface area contributed by atoms with Gasteiger partial charge >= 0.3 is 0 Å². The summed E-state index contributed by atoms with van der Waals surface area (Å²) < 4.78 is 43.5. The SMILES string of the molecule is CCOc1ccc2[s+]c(C)sc2c1.[O-][Cl+3]([O-])([O-])[O-]. The number of aryl methyl sites for hydroxylation is 1. The molecule has 0 aliphatic carbocycles. The fourth-order valence-electron chi connectivity index (χ4n) is 1.24. The van der Waals surface area contributed by atoms with Crippen molar-refractivity contribution in [2.75, 3.05) is 6.61 Å². The van der Waals surface area contributed by atoms with Gasteiger partial charge in [0.05, 0.1) is 29.3 Å². The van der Waals surface area contributed by atoms with Crippen LogP contribution in [0, 0.1) is 17.2 Å². The van der Waals surface area contributed by atoms with E-state index < -0.39 is 10.2 Å². The average molecular weight is 311 g/mol. The van der Waals surface area contributed by atoms with E-state index in [1.54, 1.807) is 0 Å². The predicted molar refractivity (Wildman–Crippen MR) is 60.0 cm³/mol. The molecule has 5 nitrogen and oxygen atoms in total. The van der Waals surface area contributed by atoms with Crippen molar-refractivity contribution >= 4 is 32.1 Å². The van der Waals surface area contributed by atoms with Gasteiger partial charge in [-0.05, 0) is 19.1 Å². The van der Waals surface area contributed by atoms with E-state index in [0.717, 1.165) is 12.4 Å². The molecule has 0 unspecified atom stereocenters. The lowest BCUT2D eigenvalue weighted by Gasteiger charge is -2.17. The molecular weight excluding hydrogens is 300 g/mol. The second kappa shape index (κ2) is 6.58. The zero-order chi connectivity index (χ0) is 13.8. The largest absolute Gasteiger partial charge is 0.494 e. The van der Waals surface area contributed by atoms with E-state index in [4.69, 9.17) is 23.4 Å². The summed E-state index contributed by atoms with van der Waals surface area (Å²) in [5.41, 5.74) is 0. The fraction of sp³-hybridized carbons (Fsp3) is 0.300. The third-order valence-corrected chi connectivity index (χ3v) is 4.07. The van der Waals surface area contributed by atoms with Gasteiger partial charge in [0.1, 0.15) is 5.75 Å². The van der Waals surface area contributed by atoms with Crippen molar-refractivity contribution in [3.05, 3.63) is 22.4 Å². The van der Waals surface area contributed by atoms with Crippen molar-refractivity contribution in [2.45, 2.75) is 13.8 Å². The first kappa shape index (κ1) is 15.5. The van der Waals surface area contributed by atoms with Gasteiger partial charge < -0.3 is 4.74 Å². The van der Waals surface area contributed by atoms with E-state index in [-0.39, 0.29) is 0 Å². The number of halogens is 1. The molecule has 18 heavy (non-hydrogen) atoms. The number of ether oxygens (including phenoxy) is 1. The molecule has 0 fully saturated rings. The molecule has 1 aromatic heterocycles. The Hall–Kier alpha value is -0.540. The second-order valence-electron chi connectivity index (χ2n) is 3.12. The summed E-state index contributed by atoms with van der Waals surface area (Å²) in [5, 5.41) is 0. The fourth-order valence-corrected chi connectivity index (χ4v) is 3.45. The molecule has 1 aromatic carbocycles. The molecule has 0 atom stereocenters. The maximum atomic E-state index is 8.49. The Labute approximate surface area is 114 Å². The Bertz CT molecular complexity index is 502. The van der Waals surface area contributed by atoms with Crippen molar-refractivity contribution in [1.29, 1.82) is 0 Å². The molecule has 0 bridgehead atoms. The number of rotatable bonds is 2. The summed E-state index contributed by atoms with van der Waals surface area (Å²) in [5.74, 6) is 0.976. The lowest BCUT2D eigenvalue weighted by atomic mass is 10.3. The quantitative estimate of drug-likeness (QED) is 0.675. The molecule has 0 radical (unpaired) electrons. The van der Waals surface area contributed by atoms with Crippen LogP contribution in [-0.4, -0.2) is 6.61 Å². The van der Waals surface area contributed by atoms with Crippen LogP contribution in [-0.2, 0) is 0 Å². The van der Waals surface area contributed by atoms with Crippen molar-refractivity contribution < 1.29 is 33.6 Å². The van der Waals surface area contributed by atoms with E-state index >= 15 is 0 Å². The molecule has 0 aliphatic heterocycles. The van der Waals surface area contributed by atoms with E-state index in [9.17, 15) is 0 Å². The first-order valence-corrected chi connectivity index (χ1v) is 7.74. The van der Waals surface area contributed by atoms with Crippen molar-refractivity contribution in [3.63, 3.8) is 0 Å². The summed E-state index contributed by atoms with van der Waals surface area (Å²) in [6.45, 7) is 4.89. The van der Waals surface area contributed by atoms with Gasteiger partial charge in [-0.25, -0.2) is 18.6 Å². The van der Waals surface area contributed by atoms with E-state index in [0.29, 0.717) is 0 Å². The van der Waals surface area contributed by atoms with Gasteiger partial charge in [-0.1, -0.05) is 0 Å². The highest BCUT2D eigenvalue weighted by Gasteiger charge is 2.11. The zero-order valence-corrected chi connectivity index (χ0v) is 12.1. The molecule has 0 amide bonds. The minimum absolute atomic E-state index is 0.735. The van der Waals surface area contributed by atoms with Gasteiger partial charge in [-0.3, -0.25) is 0 Å². The second-order valence-corrected chi connectivity index (χ2v) is 6.64. The monoisotopic (exact) mass is 310 g/mol. The first-order chi connectivity index (χ1) is 8.29. The zero-order valence-electron chi connectivity index (χ0n) is 9.67. The molecule has 2 rings (SSSR count). The molecule has 0 saturated heterocycles. The Morgan fingerprint density at radius 3 is 2.44 bits per heavy atom. The molecule has 0 aliphatic rings. The number of fused-ring (bicyclic) bond motifs is 1. The van der Waals surface area contributed by atoms with E-state index in [1.165, 1.54) is 13.6 Å². The summed E-state index contributed by atoms with van der Waals surface area (Å²) >= 11 is 3.67. The Morgan fingerprint density at radius 2 is 1.89 bits per heavy atom. The first-order valence-electron chi connectivity index (χ1n) is 4.87. The van der Waals surface area contributed by atoms with E-state index in [1.807, 2.05) is 35.7 Å². The summed E-state index contributed by atoms with van der Waals surface area (Å²) in [6.07, 6.45) is 0. The third-order valence-electron chi connectivity index (χ3n) is 1.73. The van der Waals surface area contributed by atoms with Gasteiger partial charge in [0.15, 0.2) is 9.40 Å². The van der Waals surface area contributed by atoms with E-state index in [2.05, 4.69) is 19.1 Å². The Kier molecular flexibility index (Phi) is 5.67. The molecule has 0 spiro atoms. The van der Waals surface area contributed by atoms with Gasteiger partial charge in [-0.15, -0.1) is 10.2 Å². The van der Waals surface area contributed by atoms with Crippen LogP contribution >= 0.6 is 22.7 Å². The van der Waals surface area contributed by atoms with Crippen LogP contribution in [0.3, 0.4) is 0 Å². The topological polar surface area (TPSA) is 101 Å². The third kappa shape index (κ3) is 5.87. The van der Waals surface area contributed by atoms with Crippen LogP contribution < -0.4 is 23.4 Å². The van der Waals surface area contributed by atoms with Crippen molar-refractivity contribution in [1.82, 2.24) is 0 Å². The molecular formula is C10H11ClO5S2. The summed E-state index contributed by atoms with van der Waals surface area (Å²) in [6, 6.07) is 6.29. The lowest BCUT2D eigenvalue weighted by molar-refractivity contribution is -2.00. The molecule has 0 N–H and O–H groups in total. The van der Waals surface area contributed by atoms with Crippen molar-refractivity contribution in [3.8, 4) is 5.75 Å². The minimum atomic E-state index is -4.94. The van der Waals surface area contributed by atoms with Gasteiger partial charge in [0.2, 0.25) is 0 Å². The Balaban J connectivity index is 0.000000280. The van der Waals surface area contributed by atoms with Gasteiger partial charge in [0.25, 0.3) is 4.19 Å². The lowest BCUT2D eigenvalue weighted by Crippen LogP contribution is -2.68. The highest BCUT2D eigenvalue weighted by Crippen LogP contribution is 2.32. The molecule has 100 valence electrons. The summed E-state index contributed by atoms with van der Waals surface area (Å²) in [4.78, 5) is 0.